The third-order valence-corrected chi connectivity index (χ3v) is 2.52. The van der Waals surface area contributed by atoms with E-state index in [9.17, 15) is 0 Å². The van der Waals surface area contributed by atoms with Crippen LogP contribution in [0.1, 0.15) is 41.5 Å². The first kappa shape index (κ1) is 23.5. The van der Waals surface area contributed by atoms with Crippen molar-refractivity contribution in [3.05, 3.63) is 48.5 Å². The molecule has 2 aromatic rings. The van der Waals surface area contributed by atoms with Gasteiger partial charge in [-0.05, 0) is 90.1 Å². The van der Waals surface area contributed by atoms with E-state index < -0.39 is 0 Å². The van der Waals surface area contributed by atoms with Gasteiger partial charge in [0.15, 0.2) is 0 Å². The summed E-state index contributed by atoms with van der Waals surface area (Å²) in [6.07, 6.45) is 0. The van der Waals surface area contributed by atoms with Crippen LogP contribution < -0.4 is 9.47 Å². The average molecular weight is 424 g/mol. The summed E-state index contributed by atoms with van der Waals surface area (Å²) < 4.78 is 11.1. The first-order chi connectivity index (χ1) is 10.9. The SMILES string of the molecule is CC(C)(C)Oc1ccc(O)cc1.CC(C)(C)Oc1ccc(O)cc1.[Zr]. The monoisotopic (exact) mass is 422 g/mol. The summed E-state index contributed by atoms with van der Waals surface area (Å²) in [6, 6.07) is 13.5. The van der Waals surface area contributed by atoms with E-state index in [0.717, 1.165) is 11.5 Å². The second-order valence-corrected chi connectivity index (χ2v) is 7.42. The summed E-state index contributed by atoms with van der Waals surface area (Å²) in [5, 5.41) is 18.0. The van der Waals surface area contributed by atoms with Crippen LogP contribution in [-0.2, 0) is 26.2 Å². The molecule has 0 aromatic heterocycles. The van der Waals surface area contributed by atoms with Crippen molar-refractivity contribution in [2.45, 2.75) is 52.7 Å². The van der Waals surface area contributed by atoms with E-state index in [4.69, 9.17) is 19.7 Å². The maximum atomic E-state index is 9.00. The van der Waals surface area contributed by atoms with Crippen molar-refractivity contribution in [3.8, 4) is 23.0 Å². The minimum atomic E-state index is -0.184. The fourth-order valence-corrected chi connectivity index (χ4v) is 1.74. The zero-order valence-corrected chi connectivity index (χ0v) is 18.3. The molecule has 0 amide bonds. The minimum Gasteiger partial charge on any atom is -0.508 e. The number of hydrogen-bond acceptors (Lipinski definition) is 4. The van der Waals surface area contributed by atoms with Gasteiger partial charge in [-0.25, -0.2) is 0 Å². The van der Waals surface area contributed by atoms with Crippen molar-refractivity contribution >= 4 is 0 Å². The molecule has 0 bridgehead atoms. The number of phenols is 2. The Labute approximate surface area is 169 Å². The molecule has 2 N–H and O–H groups in total. The van der Waals surface area contributed by atoms with Crippen molar-refractivity contribution in [1.29, 1.82) is 0 Å². The van der Waals surface area contributed by atoms with Gasteiger partial charge in [0.05, 0.1) is 0 Å². The molecule has 0 unspecified atom stereocenters. The van der Waals surface area contributed by atoms with Gasteiger partial charge < -0.3 is 19.7 Å². The Balaban J connectivity index is 0.000000443. The van der Waals surface area contributed by atoms with Gasteiger partial charge in [-0.3, -0.25) is 0 Å². The second-order valence-electron chi connectivity index (χ2n) is 7.42. The van der Waals surface area contributed by atoms with Crippen LogP contribution in [0.15, 0.2) is 48.5 Å². The first-order valence-corrected chi connectivity index (χ1v) is 7.91. The molecule has 2 rings (SSSR count). The van der Waals surface area contributed by atoms with E-state index in [0.29, 0.717) is 0 Å². The Morgan fingerprint density at radius 1 is 0.560 bits per heavy atom. The second kappa shape index (κ2) is 9.86. The Kier molecular flexibility index (Phi) is 9.28. The van der Waals surface area contributed by atoms with E-state index in [-0.39, 0.29) is 48.9 Å². The molecule has 5 heteroatoms. The van der Waals surface area contributed by atoms with E-state index in [1.807, 2.05) is 41.5 Å². The van der Waals surface area contributed by atoms with Crippen LogP contribution in [0.4, 0.5) is 0 Å². The molecule has 0 aliphatic carbocycles. The first-order valence-electron chi connectivity index (χ1n) is 7.91. The number of aromatic hydroxyl groups is 2. The Hall–Kier alpha value is -1.48. The normalized spacial score (nSPS) is 10.8. The molecule has 0 aliphatic rings. The average Bonchev–Trinajstić information content (AvgIpc) is 2.42. The maximum Gasteiger partial charge on any atom is 0.120 e. The van der Waals surface area contributed by atoms with Crippen LogP contribution in [0.25, 0.3) is 0 Å². The molecule has 0 fully saturated rings. The molecule has 0 atom stereocenters. The van der Waals surface area contributed by atoms with E-state index >= 15 is 0 Å². The van der Waals surface area contributed by atoms with Gasteiger partial charge in [-0.2, -0.15) is 0 Å². The van der Waals surface area contributed by atoms with Crippen LogP contribution in [0.3, 0.4) is 0 Å². The summed E-state index contributed by atoms with van der Waals surface area (Å²) in [5.41, 5.74) is -0.367. The standard InChI is InChI=1S/2C10H14O2.Zr/c2*1-10(2,3)12-9-6-4-8(11)5-7-9;/h2*4-7,11H,1-3H3;. The van der Waals surface area contributed by atoms with Crippen LogP contribution in [0.2, 0.25) is 0 Å². The molecule has 0 spiro atoms. The zero-order valence-electron chi connectivity index (χ0n) is 15.8. The summed E-state index contributed by atoms with van der Waals surface area (Å²) in [6.45, 7) is 11.9. The maximum absolute atomic E-state index is 9.00. The van der Waals surface area contributed by atoms with Crippen LogP contribution in [0.5, 0.6) is 23.0 Å². The summed E-state index contributed by atoms with van der Waals surface area (Å²) >= 11 is 0. The van der Waals surface area contributed by atoms with Crippen molar-refractivity contribution in [1.82, 2.24) is 0 Å². The Bertz CT molecular complexity index is 551. The molecule has 0 aliphatic heterocycles. The molecule has 0 radical (unpaired) electrons. The topological polar surface area (TPSA) is 58.9 Å². The predicted octanol–water partition coefficient (Wildman–Crippen LogP) is 5.14. The van der Waals surface area contributed by atoms with Crippen LogP contribution in [0, 0.1) is 0 Å². The van der Waals surface area contributed by atoms with Gasteiger partial charge >= 0.3 is 0 Å². The van der Waals surface area contributed by atoms with Gasteiger partial charge in [0.25, 0.3) is 0 Å². The number of rotatable bonds is 2. The third-order valence-electron chi connectivity index (χ3n) is 2.52. The minimum absolute atomic E-state index is 0. The fraction of sp³-hybridized carbons (Fsp3) is 0.400. The van der Waals surface area contributed by atoms with Crippen LogP contribution >= 0.6 is 0 Å². The van der Waals surface area contributed by atoms with E-state index in [1.54, 1.807) is 48.5 Å². The van der Waals surface area contributed by atoms with E-state index in [2.05, 4.69) is 0 Å². The third kappa shape index (κ3) is 11.7. The summed E-state index contributed by atoms with van der Waals surface area (Å²) in [5.74, 6) is 2.08. The number of benzene rings is 2. The summed E-state index contributed by atoms with van der Waals surface area (Å²) in [7, 11) is 0. The molecule has 25 heavy (non-hydrogen) atoms. The van der Waals surface area contributed by atoms with Crippen molar-refractivity contribution in [3.63, 3.8) is 0 Å². The fourth-order valence-electron chi connectivity index (χ4n) is 1.74. The molecular weight excluding hydrogens is 395 g/mol. The predicted molar refractivity (Wildman–Crippen MR) is 97.0 cm³/mol. The summed E-state index contributed by atoms with van der Waals surface area (Å²) in [4.78, 5) is 0. The molecule has 4 nitrogen and oxygen atoms in total. The van der Waals surface area contributed by atoms with Crippen molar-refractivity contribution in [2.75, 3.05) is 0 Å². The van der Waals surface area contributed by atoms with E-state index in [1.165, 1.54) is 0 Å². The van der Waals surface area contributed by atoms with Gasteiger partial charge in [-0.1, -0.05) is 0 Å². The largest absolute Gasteiger partial charge is 0.508 e. The molecule has 0 heterocycles. The van der Waals surface area contributed by atoms with Crippen LogP contribution in [-0.4, -0.2) is 21.4 Å². The zero-order chi connectivity index (χ0) is 18.4. The molecule has 0 saturated carbocycles. The Morgan fingerprint density at radius 3 is 1.00 bits per heavy atom. The number of ether oxygens (including phenoxy) is 2. The van der Waals surface area contributed by atoms with Gasteiger partial charge in [0, 0.05) is 26.2 Å². The molecule has 136 valence electrons. The molecule has 0 saturated heterocycles. The van der Waals surface area contributed by atoms with Gasteiger partial charge in [0.2, 0.25) is 0 Å². The molecular formula is C20H28O4Zr. The quantitative estimate of drug-likeness (QED) is 0.702. The van der Waals surface area contributed by atoms with Gasteiger partial charge in [0.1, 0.15) is 34.2 Å². The van der Waals surface area contributed by atoms with Gasteiger partial charge in [-0.15, -0.1) is 0 Å². The Morgan fingerprint density at radius 2 is 0.800 bits per heavy atom. The smallest absolute Gasteiger partial charge is 0.120 e. The number of phenolic OH excluding ortho intramolecular Hbond substituents is 2. The number of hydrogen-bond donors (Lipinski definition) is 2. The van der Waals surface area contributed by atoms with Crippen molar-refractivity contribution in [2.24, 2.45) is 0 Å². The molecule has 2 aromatic carbocycles. The van der Waals surface area contributed by atoms with Crippen molar-refractivity contribution < 1.29 is 45.9 Å².